The van der Waals surface area contributed by atoms with Gasteiger partial charge in [0.1, 0.15) is 34.1 Å². The van der Waals surface area contributed by atoms with Crippen molar-refractivity contribution >= 4 is 57.3 Å². The molecule has 0 saturated heterocycles. The lowest BCUT2D eigenvalue weighted by atomic mass is 9.89. The summed E-state index contributed by atoms with van der Waals surface area (Å²) in [5.74, 6) is -5.09. The molecule has 2 aliphatic carbocycles. The van der Waals surface area contributed by atoms with E-state index in [1.165, 1.54) is 66.9 Å². The van der Waals surface area contributed by atoms with Crippen LogP contribution in [0.5, 0.6) is 5.75 Å². The van der Waals surface area contributed by atoms with E-state index < -0.39 is 35.2 Å². The number of carboxylic acids is 3. The molecule has 9 rings (SSSR count). The summed E-state index contributed by atoms with van der Waals surface area (Å²) in [6, 6.07) is 28.1. The zero-order valence-electron chi connectivity index (χ0n) is 36.4. The maximum absolute atomic E-state index is 13.5. The molecule has 17 heteroatoms. The van der Waals surface area contributed by atoms with Crippen molar-refractivity contribution in [3.8, 4) is 50.7 Å². The number of pyridine rings is 1. The second-order valence-corrected chi connectivity index (χ2v) is 16.2. The van der Waals surface area contributed by atoms with Gasteiger partial charge in [-0.15, -0.1) is 0 Å². The maximum atomic E-state index is 13.5. The molecule has 1 aromatic heterocycles. The van der Waals surface area contributed by atoms with Crippen LogP contribution >= 0.6 is 0 Å². The van der Waals surface area contributed by atoms with Gasteiger partial charge in [-0.25, -0.2) is 14.4 Å². The van der Waals surface area contributed by atoms with Crippen LogP contribution in [0.4, 0.5) is 5.69 Å². The van der Waals surface area contributed by atoms with E-state index in [0.717, 1.165) is 11.8 Å². The van der Waals surface area contributed by atoms with Crippen LogP contribution in [0, 0.1) is 5.41 Å². The third-order valence-electron chi connectivity index (χ3n) is 11.6. The average Bonchev–Trinajstić information content (AvgIpc) is 3.33. The molecule has 0 spiro atoms. The van der Waals surface area contributed by atoms with E-state index >= 15 is 0 Å². The number of nitrogens with one attached hydrogen (secondary N) is 3. The quantitative estimate of drug-likeness (QED) is 0.0579. The van der Waals surface area contributed by atoms with Gasteiger partial charge in [-0.2, -0.15) is 0 Å². The summed E-state index contributed by atoms with van der Waals surface area (Å²) in [5, 5.41) is 55.9. The van der Waals surface area contributed by atoms with E-state index in [-0.39, 0.29) is 80.2 Å². The van der Waals surface area contributed by atoms with Crippen LogP contribution in [0.3, 0.4) is 0 Å². The number of carbonyl (C=O) groups is 5. The van der Waals surface area contributed by atoms with E-state index in [1.54, 1.807) is 30.3 Å². The molecule has 342 valence electrons. The zero-order valence-corrected chi connectivity index (χ0v) is 36.4. The Morgan fingerprint density at radius 3 is 1.91 bits per heavy atom. The fourth-order valence-electron chi connectivity index (χ4n) is 8.25. The van der Waals surface area contributed by atoms with Crippen LogP contribution in [-0.4, -0.2) is 69.2 Å². The van der Waals surface area contributed by atoms with Crippen molar-refractivity contribution in [2.45, 2.75) is 13.1 Å². The number of rotatable bonds is 12. The molecule has 7 N–H and O–H groups in total. The van der Waals surface area contributed by atoms with E-state index in [9.17, 15) is 49.2 Å². The minimum Gasteiger partial charge on any atom is -0.507 e. The van der Waals surface area contributed by atoms with Crippen LogP contribution in [0.1, 0.15) is 63.0 Å². The molecule has 4 aliphatic rings. The summed E-state index contributed by atoms with van der Waals surface area (Å²) in [6.07, 6.45) is 1.38. The Hall–Kier alpha value is -9.64. The molecule has 4 aromatic carbocycles. The van der Waals surface area contributed by atoms with E-state index in [0.29, 0.717) is 49.9 Å². The number of carboxylic acid groups (broad SMARTS) is 3. The Kier molecular flexibility index (Phi) is 11.4. The number of amides is 2. The number of hydrogen-bond donors (Lipinski definition) is 7. The van der Waals surface area contributed by atoms with Gasteiger partial charge in [0.15, 0.2) is 5.43 Å². The van der Waals surface area contributed by atoms with Gasteiger partial charge >= 0.3 is 17.9 Å². The maximum Gasteiger partial charge on any atom is 0.336 e. The highest BCUT2D eigenvalue weighted by Gasteiger charge is 2.27. The summed E-state index contributed by atoms with van der Waals surface area (Å²) in [5.41, 5.74) is 3.10. The third-order valence-corrected chi connectivity index (χ3v) is 11.6. The molecular formula is C52H37N5O12. The molecule has 0 unspecified atom stereocenters. The predicted molar refractivity (Wildman–Crippen MR) is 252 cm³/mol. The SMILES string of the molecule is CN(C)c1ccc2c(-c3ccc(C(=O)NCc4ccc(C(=O)NCc5c(O)ccc6c(-c7ccc(C(=O)O)cc7C(=O)O)c7ccc(=O)cc-7oc56)nc4)cc3C(=O)O)c3ccc(=N)cc-3oc2c1. The van der Waals surface area contributed by atoms with E-state index in [4.69, 9.17) is 14.2 Å². The van der Waals surface area contributed by atoms with Crippen molar-refractivity contribution in [2.75, 3.05) is 19.0 Å². The summed E-state index contributed by atoms with van der Waals surface area (Å²) in [4.78, 5) is 82.5. The Balaban J connectivity index is 0.942. The molecule has 3 heterocycles. The van der Waals surface area contributed by atoms with Crippen molar-refractivity contribution < 1.29 is 53.2 Å². The number of aromatic hydroxyl groups is 1. The van der Waals surface area contributed by atoms with Gasteiger partial charge in [0.05, 0.1) is 34.2 Å². The number of aromatic nitrogens is 1. The van der Waals surface area contributed by atoms with Crippen molar-refractivity contribution in [2.24, 2.45) is 0 Å². The van der Waals surface area contributed by atoms with Gasteiger partial charge in [0.25, 0.3) is 11.8 Å². The number of carbonyl (C=O) groups excluding carboxylic acids is 2. The van der Waals surface area contributed by atoms with E-state index in [1.807, 2.05) is 37.2 Å². The van der Waals surface area contributed by atoms with E-state index in [2.05, 4.69) is 15.6 Å². The first-order chi connectivity index (χ1) is 33.1. The molecule has 5 aromatic rings. The second-order valence-electron chi connectivity index (χ2n) is 16.2. The van der Waals surface area contributed by atoms with Crippen molar-refractivity contribution in [3.05, 3.63) is 176 Å². The van der Waals surface area contributed by atoms with Crippen LogP contribution < -0.4 is 26.3 Å². The van der Waals surface area contributed by atoms with Crippen LogP contribution in [0.25, 0.3) is 66.8 Å². The third kappa shape index (κ3) is 8.42. The highest BCUT2D eigenvalue weighted by molar-refractivity contribution is 6.11. The van der Waals surface area contributed by atoms with Gasteiger partial charge in [-0.05, 0) is 95.6 Å². The highest BCUT2D eigenvalue weighted by atomic mass is 16.4. The normalized spacial score (nSPS) is 11.2. The Morgan fingerprint density at radius 1 is 0.623 bits per heavy atom. The van der Waals surface area contributed by atoms with Gasteiger partial charge < -0.3 is 50.2 Å². The van der Waals surface area contributed by atoms with Crippen molar-refractivity contribution in [3.63, 3.8) is 0 Å². The minimum absolute atomic E-state index is 0.0197. The molecule has 0 saturated carbocycles. The van der Waals surface area contributed by atoms with Crippen molar-refractivity contribution in [1.82, 2.24) is 15.6 Å². The lowest BCUT2D eigenvalue weighted by molar-refractivity contribution is 0.0682. The summed E-state index contributed by atoms with van der Waals surface area (Å²) in [6.45, 7) is -0.351. The van der Waals surface area contributed by atoms with Crippen LogP contribution in [0.2, 0.25) is 0 Å². The fourth-order valence-corrected chi connectivity index (χ4v) is 8.25. The van der Waals surface area contributed by atoms with Crippen LogP contribution in [0.15, 0.2) is 135 Å². The molecule has 2 aliphatic heterocycles. The second kappa shape index (κ2) is 17.6. The molecule has 0 atom stereocenters. The smallest absolute Gasteiger partial charge is 0.336 e. The summed E-state index contributed by atoms with van der Waals surface area (Å²) < 4.78 is 12.3. The fraction of sp³-hybridized carbons (Fsp3) is 0.0769. The monoisotopic (exact) mass is 923 g/mol. The first-order valence-electron chi connectivity index (χ1n) is 21.0. The number of fused-ring (bicyclic) bond motifs is 4. The molecular weight excluding hydrogens is 887 g/mol. The molecule has 2 amide bonds. The Morgan fingerprint density at radius 2 is 1.25 bits per heavy atom. The predicted octanol–water partition coefficient (Wildman–Crippen LogP) is 7.68. The number of hydrogen-bond acceptors (Lipinski definition) is 12. The molecule has 69 heavy (non-hydrogen) atoms. The molecule has 0 bridgehead atoms. The Labute approximate surface area is 389 Å². The average molecular weight is 924 g/mol. The molecule has 17 nitrogen and oxygen atoms in total. The summed E-state index contributed by atoms with van der Waals surface area (Å²) in [7, 11) is 3.76. The molecule has 0 fully saturated rings. The number of aromatic carboxylic acids is 3. The first-order valence-corrected chi connectivity index (χ1v) is 21.0. The number of benzene rings is 6. The topological polar surface area (TPSA) is 274 Å². The highest BCUT2D eigenvalue weighted by Crippen LogP contribution is 2.45. The lowest BCUT2D eigenvalue weighted by Gasteiger charge is -2.19. The summed E-state index contributed by atoms with van der Waals surface area (Å²) >= 11 is 0. The standard InChI is InChI=1S/C52H37N5O12/c1-57(2)29-7-12-34-43(20-29)68-42-19-28(53)6-11-33(42)45(34)31-9-4-26(17-37(31)51(64)65)48(60)55-23-25-3-15-40(54-22-25)49(61)56-24-39-41(59)16-14-36-46(35-13-8-30(58)21-44(35)69-47(36)39)32-10-5-27(50(62)63)18-38(32)52(66)67/h3-22,53,59H,23-24H2,1-2H3,(H,55,60)(H,56,61)(H,62,63)(H,64,65)(H,66,67). The number of phenolic OH excluding ortho intramolecular Hbond substituents is 1. The first kappa shape index (κ1) is 44.6. The van der Waals surface area contributed by atoms with Gasteiger partial charge in [0, 0.05) is 89.3 Å². The largest absolute Gasteiger partial charge is 0.507 e. The lowest BCUT2D eigenvalue weighted by Crippen LogP contribution is -2.25. The number of phenols is 1. The van der Waals surface area contributed by atoms with Gasteiger partial charge in [-0.1, -0.05) is 18.2 Å². The number of anilines is 1. The zero-order chi connectivity index (χ0) is 48.8. The van der Waals surface area contributed by atoms with Crippen molar-refractivity contribution in [1.29, 1.82) is 5.41 Å². The van der Waals surface area contributed by atoms with Crippen LogP contribution in [-0.2, 0) is 13.1 Å². The van der Waals surface area contributed by atoms with Gasteiger partial charge in [0.2, 0.25) is 0 Å². The Bertz CT molecular complexity index is 3690. The molecule has 0 radical (unpaired) electrons. The number of nitrogens with zero attached hydrogens (tertiary/aromatic N) is 2. The van der Waals surface area contributed by atoms with Gasteiger partial charge in [-0.3, -0.25) is 19.4 Å². The minimum atomic E-state index is -1.41.